The summed E-state index contributed by atoms with van der Waals surface area (Å²) in [6.07, 6.45) is 3.88. The van der Waals surface area contributed by atoms with E-state index >= 15 is 0 Å². The molecule has 0 aromatic heterocycles. The Morgan fingerprint density at radius 2 is 1.65 bits per heavy atom. The van der Waals surface area contributed by atoms with Gasteiger partial charge in [-0.2, -0.15) is 0 Å². The van der Waals surface area contributed by atoms with Gasteiger partial charge < -0.3 is 9.80 Å². The topological polar surface area (TPSA) is 6.48 Å². The van der Waals surface area contributed by atoms with Crippen LogP contribution in [0, 0.1) is 0 Å². The third-order valence-electron chi connectivity index (χ3n) is 2.82. The number of nitrogens with zero attached hydrogens (tertiary/aromatic N) is 2. The van der Waals surface area contributed by atoms with Crippen LogP contribution in [0.5, 0.6) is 0 Å². The van der Waals surface area contributed by atoms with Crippen LogP contribution in [0.1, 0.15) is 33.1 Å². The lowest BCUT2D eigenvalue weighted by atomic mass is 10.1. The monoisotopic (exact) mass is 308 g/mol. The molecule has 6 heteroatoms. The third-order valence-corrected chi connectivity index (χ3v) is 6.55. The van der Waals surface area contributed by atoms with Crippen molar-refractivity contribution in [3.63, 3.8) is 0 Å². The van der Waals surface area contributed by atoms with Gasteiger partial charge >= 0.3 is 0 Å². The largest absolute Gasteiger partial charge is 0.357 e. The average molecular weight is 309 g/mol. The first kappa shape index (κ1) is 15.5. The van der Waals surface area contributed by atoms with Gasteiger partial charge in [0.2, 0.25) is 0 Å². The van der Waals surface area contributed by atoms with Crippen LogP contribution in [0.4, 0.5) is 0 Å². The summed E-state index contributed by atoms with van der Waals surface area (Å²) in [5, 5.41) is 0. The molecule has 0 spiro atoms. The molecule has 0 saturated carbocycles. The van der Waals surface area contributed by atoms with Gasteiger partial charge in [0.15, 0.2) is 0 Å². The molecule has 0 atom stereocenters. The van der Waals surface area contributed by atoms with E-state index in [0.29, 0.717) is 0 Å². The Hall–Kier alpha value is 0.480. The highest BCUT2D eigenvalue weighted by Crippen LogP contribution is 2.29. The van der Waals surface area contributed by atoms with Gasteiger partial charge in [-0.1, -0.05) is 24.4 Å². The van der Waals surface area contributed by atoms with Crippen molar-refractivity contribution in [2.24, 2.45) is 0 Å². The lowest BCUT2D eigenvalue weighted by Crippen LogP contribution is -2.32. The predicted octanol–water partition coefficient (Wildman–Crippen LogP) is 3.77. The highest BCUT2D eigenvalue weighted by Gasteiger charge is 2.15. The normalized spacial score (nSPS) is 15.8. The van der Waals surface area contributed by atoms with Crippen LogP contribution in [0.2, 0.25) is 0 Å². The smallest absolute Gasteiger partial charge is 0.147 e. The highest BCUT2D eigenvalue weighted by atomic mass is 33.1. The summed E-state index contributed by atoms with van der Waals surface area (Å²) >= 11 is 10.8. The minimum Gasteiger partial charge on any atom is -0.357 e. The second-order valence-corrected chi connectivity index (χ2v) is 7.32. The van der Waals surface area contributed by atoms with Crippen molar-refractivity contribution in [1.82, 2.24) is 9.80 Å². The molecule has 1 aliphatic rings. The number of hydrogen-bond acceptors (Lipinski definition) is 4. The molecule has 1 saturated heterocycles. The van der Waals surface area contributed by atoms with Gasteiger partial charge in [-0.3, -0.25) is 0 Å². The Kier molecular flexibility index (Phi) is 7.82. The molecule has 0 aromatic rings. The molecular weight excluding hydrogens is 288 g/mol. The fourth-order valence-electron chi connectivity index (χ4n) is 1.73. The zero-order valence-corrected chi connectivity index (χ0v) is 13.7. The molecule has 0 aromatic carbocycles. The molecule has 17 heavy (non-hydrogen) atoms. The average Bonchev–Trinajstić information content (AvgIpc) is 2.38. The highest BCUT2D eigenvalue weighted by molar-refractivity contribution is 8.89. The fraction of sp³-hybridized carbons (Fsp3) is 0.818. The summed E-state index contributed by atoms with van der Waals surface area (Å²) < 4.78 is 1.93. The standard InChI is InChI=1S/C11H20N2S4/c1-3-12(4-2)10(14)16-17-11(15)13-8-6-5-7-9-13/h3-9H2,1-2H3. The molecular formula is C11H20N2S4. The molecule has 1 fully saturated rings. The van der Waals surface area contributed by atoms with Gasteiger partial charge in [-0.15, -0.1) is 0 Å². The molecule has 0 aliphatic carbocycles. The van der Waals surface area contributed by atoms with E-state index in [4.69, 9.17) is 24.4 Å². The van der Waals surface area contributed by atoms with Crippen LogP contribution >= 0.6 is 46.0 Å². The van der Waals surface area contributed by atoms with Crippen LogP contribution in [0.3, 0.4) is 0 Å². The summed E-state index contributed by atoms with van der Waals surface area (Å²) in [7, 11) is 3.27. The number of rotatable bonds is 2. The van der Waals surface area contributed by atoms with Crippen LogP contribution in [-0.2, 0) is 0 Å². The third kappa shape index (κ3) is 5.32. The predicted molar refractivity (Wildman–Crippen MR) is 88.7 cm³/mol. The van der Waals surface area contributed by atoms with E-state index in [1.165, 1.54) is 19.3 Å². The molecule has 98 valence electrons. The summed E-state index contributed by atoms with van der Waals surface area (Å²) in [6, 6.07) is 0. The molecule has 2 nitrogen and oxygen atoms in total. The summed E-state index contributed by atoms with van der Waals surface area (Å²) in [5.74, 6) is 0. The van der Waals surface area contributed by atoms with E-state index in [1.807, 2.05) is 0 Å². The van der Waals surface area contributed by atoms with Crippen molar-refractivity contribution < 1.29 is 0 Å². The van der Waals surface area contributed by atoms with E-state index in [0.717, 1.165) is 34.8 Å². The fourth-order valence-corrected chi connectivity index (χ4v) is 4.64. The molecule has 0 amide bonds. The first-order chi connectivity index (χ1) is 8.19. The van der Waals surface area contributed by atoms with Gasteiger partial charge in [0, 0.05) is 26.2 Å². The van der Waals surface area contributed by atoms with E-state index in [-0.39, 0.29) is 0 Å². The van der Waals surface area contributed by atoms with Crippen molar-refractivity contribution in [2.45, 2.75) is 33.1 Å². The summed E-state index contributed by atoms with van der Waals surface area (Å²) in [5.41, 5.74) is 0. The number of likely N-dealkylation sites (tertiary alicyclic amines) is 1. The van der Waals surface area contributed by atoms with Gasteiger partial charge in [0.25, 0.3) is 0 Å². The lowest BCUT2D eigenvalue weighted by Gasteiger charge is -2.28. The minimum absolute atomic E-state index is 0.944. The molecule has 0 unspecified atom stereocenters. The van der Waals surface area contributed by atoms with E-state index in [2.05, 4.69) is 23.6 Å². The zero-order chi connectivity index (χ0) is 12.7. The Morgan fingerprint density at radius 3 is 2.18 bits per heavy atom. The van der Waals surface area contributed by atoms with Crippen LogP contribution in [-0.4, -0.2) is 44.6 Å². The first-order valence-corrected chi connectivity index (χ1v) is 9.08. The quantitative estimate of drug-likeness (QED) is 0.562. The molecule has 0 bridgehead atoms. The maximum absolute atomic E-state index is 5.44. The van der Waals surface area contributed by atoms with Crippen LogP contribution in [0.15, 0.2) is 0 Å². The van der Waals surface area contributed by atoms with Crippen molar-refractivity contribution in [1.29, 1.82) is 0 Å². The zero-order valence-electron chi connectivity index (χ0n) is 10.5. The maximum Gasteiger partial charge on any atom is 0.147 e. The van der Waals surface area contributed by atoms with E-state index < -0.39 is 0 Å². The molecule has 0 N–H and O–H groups in total. The van der Waals surface area contributed by atoms with Crippen molar-refractivity contribution in [3.05, 3.63) is 0 Å². The molecule has 1 aliphatic heterocycles. The van der Waals surface area contributed by atoms with Crippen molar-refractivity contribution >= 4 is 54.7 Å². The Morgan fingerprint density at radius 1 is 1.06 bits per heavy atom. The summed E-state index contributed by atoms with van der Waals surface area (Å²) in [6.45, 7) is 8.43. The maximum atomic E-state index is 5.44. The summed E-state index contributed by atoms with van der Waals surface area (Å²) in [4.78, 5) is 4.49. The van der Waals surface area contributed by atoms with Gasteiger partial charge in [-0.05, 0) is 54.7 Å². The Balaban J connectivity index is 2.29. The minimum atomic E-state index is 0.944. The molecule has 1 heterocycles. The van der Waals surface area contributed by atoms with Crippen molar-refractivity contribution in [3.8, 4) is 0 Å². The Labute approximate surface area is 123 Å². The molecule has 0 radical (unpaired) electrons. The van der Waals surface area contributed by atoms with E-state index in [1.54, 1.807) is 21.6 Å². The van der Waals surface area contributed by atoms with Gasteiger partial charge in [0.05, 0.1) is 0 Å². The van der Waals surface area contributed by atoms with E-state index in [9.17, 15) is 0 Å². The SMILES string of the molecule is CCN(CC)C(=S)SSC(=S)N1CCCCC1. The number of piperidine rings is 1. The first-order valence-electron chi connectivity index (χ1n) is 6.11. The number of thiocarbonyl (C=S) groups is 2. The molecule has 1 rings (SSSR count). The second-order valence-electron chi connectivity index (χ2n) is 3.92. The lowest BCUT2D eigenvalue weighted by molar-refractivity contribution is 0.352. The second kappa shape index (κ2) is 8.56. The van der Waals surface area contributed by atoms with Crippen LogP contribution in [0.25, 0.3) is 0 Å². The van der Waals surface area contributed by atoms with Gasteiger partial charge in [-0.25, -0.2) is 0 Å². The van der Waals surface area contributed by atoms with Crippen LogP contribution < -0.4 is 0 Å². The van der Waals surface area contributed by atoms with Crippen molar-refractivity contribution in [2.75, 3.05) is 26.2 Å². The Bertz CT molecular complexity index is 260. The van der Waals surface area contributed by atoms with Gasteiger partial charge in [0.1, 0.15) is 8.64 Å². The number of hydrogen-bond donors (Lipinski definition) is 0.